The van der Waals surface area contributed by atoms with E-state index in [-0.39, 0.29) is 5.82 Å². The molecule has 0 bridgehead atoms. The Bertz CT molecular complexity index is 499. The van der Waals surface area contributed by atoms with Crippen molar-refractivity contribution in [1.82, 2.24) is 0 Å². The Labute approximate surface area is 109 Å². The minimum atomic E-state index is -0.179. The van der Waals surface area contributed by atoms with Crippen LogP contribution in [0.1, 0.15) is 5.56 Å². The standard InChI is InChI=1S/C14H13BrFN/c1-17(13-5-3-2-4-6-13)10-11-7-8-12(15)9-14(11)16/h2-9H,10H2,1H3. The number of anilines is 1. The van der Waals surface area contributed by atoms with E-state index in [9.17, 15) is 4.39 Å². The van der Waals surface area contributed by atoms with Crippen molar-refractivity contribution < 1.29 is 4.39 Å². The summed E-state index contributed by atoms with van der Waals surface area (Å²) in [4.78, 5) is 2.02. The van der Waals surface area contributed by atoms with Gasteiger partial charge in [-0.15, -0.1) is 0 Å². The summed E-state index contributed by atoms with van der Waals surface area (Å²) in [5.41, 5.74) is 1.77. The zero-order valence-electron chi connectivity index (χ0n) is 9.53. The third kappa shape index (κ3) is 3.07. The lowest BCUT2D eigenvalue weighted by atomic mass is 10.2. The van der Waals surface area contributed by atoms with E-state index in [0.29, 0.717) is 12.1 Å². The number of nitrogens with zero attached hydrogens (tertiary/aromatic N) is 1. The topological polar surface area (TPSA) is 3.24 Å². The molecule has 0 heterocycles. The highest BCUT2D eigenvalue weighted by Crippen LogP contribution is 2.19. The van der Waals surface area contributed by atoms with E-state index in [0.717, 1.165) is 10.2 Å². The van der Waals surface area contributed by atoms with Crippen LogP contribution in [0, 0.1) is 5.82 Å². The van der Waals surface area contributed by atoms with Gasteiger partial charge in [-0.3, -0.25) is 0 Å². The SMILES string of the molecule is CN(Cc1ccc(Br)cc1F)c1ccccc1. The number of benzene rings is 2. The van der Waals surface area contributed by atoms with E-state index >= 15 is 0 Å². The normalized spacial score (nSPS) is 10.3. The van der Waals surface area contributed by atoms with Crippen molar-refractivity contribution in [3.8, 4) is 0 Å². The van der Waals surface area contributed by atoms with E-state index < -0.39 is 0 Å². The van der Waals surface area contributed by atoms with E-state index in [2.05, 4.69) is 15.9 Å². The molecule has 17 heavy (non-hydrogen) atoms. The minimum Gasteiger partial charge on any atom is -0.370 e. The van der Waals surface area contributed by atoms with Crippen molar-refractivity contribution in [2.45, 2.75) is 6.54 Å². The predicted molar refractivity (Wildman–Crippen MR) is 72.6 cm³/mol. The lowest BCUT2D eigenvalue weighted by molar-refractivity contribution is 0.607. The molecule has 0 spiro atoms. The first-order chi connectivity index (χ1) is 8.16. The molecule has 2 aromatic carbocycles. The summed E-state index contributed by atoms with van der Waals surface area (Å²) in [6.07, 6.45) is 0. The van der Waals surface area contributed by atoms with Crippen LogP contribution in [0.5, 0.6) is 0 Å². The molecular formula is C14H13BrFN. The Morgan fingerprint density at radius 3 is 2.47 bits per heavy atom. The summed E-state index contributed by atoms with van der Waals surface area (Å²) in [5.74, 6) is -0.179. The van der Waals surface area contributed by atoms with E-state index in [1.807, 2.05) is 48.3 Å². The fourth-order valence-corrected chi connectivity index (χ4v) is 2.01. The molecule has 2 rings (SSSR count). The molecule has 0 unspecified atom stereocenters. The van der Waals surface area contributed by atoms with Crippen molar-refractivity contribution in [2.75, 3.05) is 11.9 Å². The first kappa shape index (κ1) is 12.1. The number of hydrogen-bond donors (Lipinski definition) is 0. The van der Waals surface area contributed by atoms with Gasteiger partial charge in [0.15, 0.2) is 0 Å². The largest absolute Gasteiger partial charge is 0.370 e. The van der Waals surface area contributed by atoms with Gasteiger partial charge in [-0.25, -0.2) is 4.39 Å². The van der Waals surface area contributed by atoms with Crippen LogP contribution in [-0.4, -0.2) is 7.05 Å². The van der Waals surface area contributed by atoms with Gasteiger partial charge in [-0.2, -0.15) is 0 Å². The molecule has 0 aliphatic rings. The Kier molecular flexibility index (Phi) is 3.79. The van der Waals surface area contributed by atoms with Gasteiger partial charge in [0, 0.05) is 29.3 Å². The second-order valence-corrected chi connectivity index (χ2v) is 4.84. The second-order valence-electron chi connectivity index (χ2n) is 3.93. The number of hydrogen-bond acceptors (Lipinski definition) is 1. The van der Waals surface area contributed by atoms with Crippen molar-refractivity contribution in [3.05, 3.63) is 64.4 Å². The van der Waals surface area contributed by atoms with Crippen LogP contribution < -0.4 is 4.90 Å². The zero-order valence-corrected chi connectivity index (χ0v) is 11.1. The smallest absolute Gasteiger partial charge is 0.129 e. The highest BCUT2D eigenvalue weighted by atomic mass is 79.9. The third-order valence-electron chi connectivity index (χ3n) is 2.62. The molecule has 0 fully saturated rings. The Morgan fingerprint density at radius 2 is 1.82 bits per heavy atom. The molecule has 0 aliphatic carbocycles. The summed E-state index contributed by atoms with van der Waals surface area (Å²) >= 11 is 3.25. The van der Waals surface area contributed by atoms with Gasteiger partial charge in [0.1, 0.15) is 5.82 Å². The monoisotopic (exact) mass is 293 g/mol. The van der Waals surface area contributed by atoms with Crippen LogP contribution >= 0.6 is 15.9 Å². The molecule has 3 heteroatoms. The number of halogens is 2. The average Bonchev–Trinajstić information content (AvgIpc) is 2.34. The van der Waals surface area contributed by atoms with Crippen LogP contribution in [-0.2, 0) is 6.54 Å². The summed E-state index contributed by atoms with van der Waals surface area (Å²) in [6.45, 7) is 0.559. The van der Waals surface area contributed by atoms with Gasteiger partial charge in [-0.05, 0) is 24.3 Å². The summed E-state index contributed by atoms with van der Waals surface area (Å²) in [7, 11) is 1.96. The quantitative estimate of drug-likeness (QED) is 0.819. The maximum atomic E-state index is 13.7. The maximum absolute atomic E-state index is 13.7. The molecule has 88 valence electrons. The molecule has 2 aromatic rings. The van der Waals surface area contributed by atoms with Crippen molar-refractivity contribution >= 4 is 21.6 Å². The fourth-order valence-electron chi connectivity index (χ4n) is 1.68. The summed E-state index contributed by atoms with van der Waals surface area (Å²) in [5, 5.41) is 0. The molecule has 0 atom stereocenters. The summed E-state index contributed by atoms with van der Waals surface area (Å²) in [6, 6.07) is 15.1. The molecule has 0 radical (unpaired) electrons. The second kappa shape index (κ2) is 5.32. The molecule has 1 nitrogen and oxygen atoms in total. The van der Waals surface area contributed by atoms with E-state index in [1.165, 1.54) is 6.07 Å². The minimum absolute atomic E-state index is 0.179. The van der Waals surface area contributed by atoms with Crippen molar-refractivity contribution in [1.29, 1.82) is 0 Å². The summed E-state index contributed by atoms with van der Waals surface area (Å²) < 4.78 is 14.4. The van der Waals surface area contributed by atoms with Crippen LogP contribution in [0.2, 0.25) is 0 Å². The maximum Gasteiger partial charge on any atom is 0.129 e. The number of para-hydroxylation sites is 1. The Morgan fingerprint density at radius 1 is 1.12 bits per heavy atom. The van der Waals surface area contributed by atoms with E-state index in [1.54, 1.807) is 6.07 Å². The van der Waals surface area contributed by atoms with E-state index in [4.69, 9.17) is 0 Å². The molecule has 0 saturated heterocycles. The third-order valence-corrected chi connectivity index (χ3v) is 3.11. The van der Waals surface area contributed by atoms with Gasteiger partial charge in [-0.1, -0.05) is 40.2 Å². The van der Waals surface area contributed by atoms with Crippen LogP contribution in [0.3, 0.4) is 0 Å². The first-order valence-electron chi connectivity index (χ1n) is 5.37. The number of rotatable bonds is 3. The lowest BCUT2D eigenvalue weighted by Crippen LogP contribution is -2.17. The molecule has 0 aromatic heterocycles. The Hall–Kier alpha value is -1.35. The fraction of sp³-hybridized carbons (Fsp3) is 0.143. The van der Waals surface area contributed by atoms with Crippen LogP contribution in [0.15, 0.2) is 53.0 Å². The van der Waals surface area contributed by atoms with Crippen molar-refractivity contribution in [2.24, 2.45) is 0 Å². The molecular weight excluding hydrogens is 281 g/mol. The van der Waals surface area contributed by atoms with Crippen molar-refractivity contribution in [3.63, 3.8) is 0 Å². The predicted octanol–water partition coefficient (Wildman–Crippen LogP) is 4.22. The Balaban J connectivity index is 2.16. The van der Waals surface area contributed by atoms with Gasteiger partial charge in [0.05, 0.1) is 0 Å². The van der Waals surface area contributed by atoms with Gasteiger partial charge < -0.3 is 4.90 Å². The zero-order chi connectivity index (χ0) is 12.3. The molecule has 0 amide bonds. The van der Waals surface area contributed by atoms with Crippen LogP contribution in [0.4, 0.5) is 10.1 Å². The molecule has 0 N–H and O–H groups in total. The highest BCUT2D eigenvalue weighted by molar-refractivity contribution is 9.10. The lowest BCUT2D eigenvalue weighted by Gasteiger charge is -2.19. The molecule has 0 saturated carbocycles. The van der Waals surface area contributed by atoms with Gasteiger partial charge >= 0.3 is 0 Å². The highest BCUT2D eigenvalue weighted by Gasteiger charge is 2.06. The van der Waals surface area contributed by atoms with Gasteiger partial charge in [0.25, 0.3) is 0 Å². The molecule has 0 aliphatic heterocycles. The van der Waals surface area contributed by atoms with Gasteiger partial charge in [0.2, 0.25) is 0 Å². The van der Waals surface area contributed by atoms with Crippen LogP contribution in [0.25, 0.3) is 0 Å². The first-order valence-corrected chi connectivity index (χ1v) is 6.16. The average molecular weight is 294 g/mol.